The molecule has 0 aliphatic carbocycles. The van der Waals surface area contributed by atoms with Crippen molar-refractivity contribution in [3.05, 3.63) is 23.8 Å². The molecule has 136 valence electrons. The molecular weight excluding hydrogens is 324 g/mol. The number of morpholine rings is 1. The largest absolute Gasteiger partial charge is 0.493 e. The molecule has 1 aromatic rings. The van der Waals surface area contributed by atoms with Crippen LogP contribution in [0.15, 0.2) is 18.2 Å². The van der Waals surface area contributed by atoms with E-state index < -0.39 is 0 Å². The Morgan fingerprint density at radius 3 is 2.52 bits per heavy atom. The van der Waals surface area contributed by atoms with Crippen LogP contribution >= 0.6 is 0 Å². The van der Waals surface area contributed by atoms with E-state index in [2.05, 4.69) is 4.90 Å². The van der Waals surface area contributed by atoms with Crippen molar-refractivity contribution in [3.63, 3.8) is 0 Å². The molecule has 25 heavy (non-hydrogen) atoms. The van der Waals surface area contributed by atoms with E-state index in [0.29, 0.717) is 50.8 Å². The molecule has 7 heteroatoms. The second kappa shape index (κ2) is 7.84. The fraction of sp³-hybridized carbons (Fsp3) is 0.556. The van der Waals surface area contributed by atoms with Gasteiger partial charge in [0.1, 0.15) is 0 Å². The molecule has 0 saturated carbocycles. The lowest BCUT2D eigenvalue weighted by molar-refractivity contribution is -0.140. The quantitative estimate of drug-likeness (QED) is 0.705. The highest BCUT2D eigenvalue weighted by Gasteiger charge is 2.41. The molecule has 7 nitrogen and oxygen atoms in total. The van der Waals surface area contributed by atoms with Crippen molar-refractivity contribution in [2.24, 2.45) is 0 Å². The summed E-state index contributed by atoms with van der Waals surface area (Å²) in [5.41, 5.74) is 0.994. The predicted molar refractivity (Wildman–Crippen MR) is 90.8 cm³/mol. The summed E-state index contributed by atoms with van der Waals surface area (Å²) in [4.78, 5) is 28.4. The van der Waals surface area contributed by atoms with Crippen LogP contribution < -0.4 is 9.47 Å². The molecule has 1 aromatic carbocycles. The minimum atomic E-state index is -0.332. The number of methoxy groups -OCH3 is 2. The Balaban J connectivity index is 1.63. The summed E-state index contributed by atoms with van der Waals surface area (Å²) in [6, 6.07) is 5.30. The number of rotatable bonds is 6. The van der Waals surface area contributed by atoms with Crippen LogP contribution in [0.2, 0.25) is 0 Å². The molecule has 0 radical (unpaired) electrons. The monoisotopic (exact) mass is 348 g/mol. The van der Waals surface area contributed by atoms with Crippen LogP contribution in [0, 0.1) is 0 Å². The fourth-order valence-corrected chi connectivity index (χ4v) is 3.35. The average molecular weight is 348 g/mol. The van der Waals surface area contributed by atoms with Gasteiger partial charge in [0.25, 0.3) is 0 Å². The van der Waals surface area contributed by atoms with Crippen molar-refractivity contribution >= 4 is 11.8 Å². The molecule has 3 rings (SSSR count). The normalized spacial score (nSPS) is 21.7. The first-order chi connectivity index (χ1) is 12.1. The number of nitrogens with zero attached hydrogens (tertiary/aromatic N) is 2. The lowest BCUT2D eigenvalue weighted by atomic mass is 10.1. The highest BCUT2D eigenvalue weighted by molar-refractivity contribution is 6.05. The van der Waals surface area contributed by atoms with Gasteiger partial charge in [-0.2, -0.15) is 0 Å². The number of ether oxygens (including phenoxy) is 3. The third-order valence-electron chi connectivity index (χ3n) is 4.78. The number of benzene rings is 1. The fourth-order valence-electron chi connectivity index (χ4n) is 3.35. The first kappa shape index (κ1) is 17.7. The number of hydrogen-bond acceptors (Lipinski definition) is 6. The minimum absolute atomic E-state index is 0.0904. The predicted octanol–water partition coefficient (Wildman–Crippen LogP) is 0.706. The molecule has 2 fully saturated rings. The summed E-state index contributed by atoms with van der Waals surface area (Å²) in [7, 11) is 3.17. The third kappa shape index (κ3) is 3.77. The number of likely N-dealkylation sites (tertiary alicyclic amines) is 1. The zero-order valence-corrected chi connectivity index (χ0v) is 14.7. The topological polar surface area (TPSA) is 68.3 Å². The van der Waals surface area contributed by atoms with Crippen LogP contribution in [0.3, 0.4) is 0 Å². The maximum absolute atomic E-state index is 12.6. The van der Waals surface area contributed by atoms with Crippen LogP contribution in [0.1, 0.15) is 12.0 Å². The van der Waals surface area contributed by atoms with E-state index in [1.807, 2.05) is 18.2 Å². The van der Waals surface area contributed by atoms with Gasteiger partial charge in [0.15, 0.2) is 11.5 Å². The van der Waals surface area contributed by atoms with Gasteiger partial charge in [-0.3, -0.25) is 19.4 Å². The molecule has 2 heterocycles. The van der Waals surface area contributed by atoms with Crippen molar-refractivity contribution in [1.82, 2.24) is 9.80 Å². The molecule has 0 spiro atoms. The summed E-state index contributed by atoms with van der Waals surface area (Å²) in [5.74, 6) is 1.12. The van der Waals surface area contributed by atoms with Crippen molar-refractivity contribution in [1.29, 1.82) is 0 Å². The van der Waals surface area contributed by atoms with Crippen molar-refractivity contribution in [2.75, 3.05) is 47.1 Å². The summed E-state index contributed by atoms with van der Waals surface area (Å²) < 4.78 is 15.8. The molecule has 2 amide bonds. The molecule has 0 unspecified atom stereocenters. The smallest absolute Gasteiger partial charge is 0.247 e. The van der Waals surface area contributed by atoms with Crippen molar-refractivity contribution in [2.45, 2.75) is 18.9 Å². The van der Waals surface area contributed by atoms with Crippen LogP contribution in [-0.2, 0) is 20.7 Å². The van der Waals surface area contributed by atoms with E-state index in [9.17, 15) is 9.59 Å². The number of hydrogen-bond donors (Lipinski definition) is 0. The summed E-state index contributed by atoms with van der Waals surface area (Å²) in [6.07, 6.45) is 0.860. The summed E-state index contributed by atoms with van der Waals surface area (Å²) in [6.45, 7) is 3.02. The van der Waals surface area contributed by atoms with Gasteiger partial charge >= 0.3 is 0 Å². The standard InChI is InChI=1S/C18H24N2O5/c1-23-15-4-3-13(11-16(15)24-2)5-6-20-17(21)12-14(18(20)22)19-7-9-25-10-8-19/h3-4,11,14H,5-10,12H2,1-2H3/t14-/m0/s1. The maximum Gasteiger partial charge on any atom is 0.247 e. The molecule has 2 aliphatic heterocycles. The Morgan fingerprint density at radius 2 is 1.84 bits per heavy atom. The summed E-state index contributed by atoms with van der Waals surface area (Å²) >= 11 is 0. The van der Waals surface area contributed by atoms with Gasteiger partial charge in [0.05, 0.1) is 39.9 Å². The van der Waals surface area contributed by atoms with E-state index in [1.165, 1.54) is 4.90 Å². The molecule has 0 bridgehead atoms. The lowest BCUT2D eigenvalue weighted by Gasteiger charge is -2.30. The van der Waals surface area contributed by atoms with Gasteiger partial charge in [-0.1, -0.05) is 6.07 Å². The third-order valence-corrected chi connectivity index (χ3v) is 4.78. The first-order valence-electron chi connectivity index (χ1n) is 8.51. The van der Waals surface area contributed by atoms with Crippen molar-refractivity contribution in [3.8, 4) is 11.5 Å². The molecular formula is C18H24N2O5. The molecule has 1 atom stereocenters. The Morgan fingerprint density at radius 1 is 1.12 bits per heavy atom. The lowest BCUT2D eigenvalue weighted by Crippen LogP contribution is -2.47. The maximum atomic E-state index is 12.6. The Hall–Kier alpha value is -2.12. The Kier molecular flexibility index (Phi) is 5.55. The molecule has 2 saturated heterocycles. The van der Waals surface area contributed by atoms with Gasteiger partial charge in [-0.05, 0) is 24.1 Å². The first-order valence-corrected chi connectivity index (χ1v) is 8.51. The SMILES string of the molecule is COc1ccc(CCN2C(=O)C[C@H](N3CCOCC3)C2=O)cc1OC. The number of imide groups is 1. The number of amides is 2. The zero-order valence-electron chi connectivity index (χ0n) is 14.7. The van der Waals surface area contributed by atoms with Crippen LogP contribution in [0.25, 0.3) is 0 Å². The van der Waals surface area contributed by atoms with Gasteiger partial charge in [-0.15, -0.1) is 0 Å². The van der Waals surface area contributed by atoms with Crippen LogP contribution in [0.4, 0.5) is 0 Å². The highest BCUT2D eigenvalue weighted by atomic mass is 16.5. The molecule has 0 aromatic heterocycles. The minimum Gasteiger partial charge on any atom is -0.493 e. The van der Waals surface area contributed by atoms with E-state index >= 15 is 0 Å². The van der Waals surface area contributed by atoms with E-state index in [-0.39, 0.29) is 24.3 Å². The second-order valence-corrected chi connectivity index (χ2v) is 6.19. The zero-order chi connectivity index (χ0) is 17.8. The van der Waals surface area contributed by atoms with Gasteiger partial charge in [0.2, 0.25) is 11.8 Å². The van der Waals surface area contributed by atoms with Gasteiger partial charge < -0.3 is 14.2 Å². The molecule has 0 N–H and O–H groups in total. The average Bonchev–Trinajstić information content (AvgIpc) is 2.94. The highest BCUT2D eigenvalue weighted by Crippen LogP contribution is 2.28. The Bertz CT molecular complexity index is 642. The number of carbonyl (C=O) groups is 2. The van der Waals surface area contributed by atoms with E-state index in [4.69, 9.17) is 14.2 Å². The second-order valence-electron chi connectivity index (χ2n) is 6.19. The van der Waals surface area contributed by atoms with Crippen LogP contribution in [0.5, 0.6) is 11.5 Å². The van der Waals surface area contributed by atoms with E-state index in [1.54, 1.807) is 14.2 Å². The van der Waals surface area contributed by atoms with Crippen molar-refractivity contribution < 1.29 is 23.8 Å². The molecule has 2 aliphatic rings. The Labute approximate surface area is 147 Å². The van der Waals surface area contributed by atoms with Gasteiger partial charge in [-0.25, -0.2) is 0 Å². The van der Waals surface area contributed by atoms with Crippen LogP contribution in [-0.4, -0.2) is 74.7 Å². The summed E-state index contributed by atoms with van der Waals surface area (Å²) in [5, 5.41) is 0. The van der Waals surface area contributed by atoms with E-state index in [0.717, 1.165) is 5.56 Å². The number of carbonyl (C=O) groups excluding carboxylic acids is 2. The van der Waals surface area contributed by atoms with Gasteiger partial charge in [0, 0.05) is 19.6 Å².